The van der Waals surface area contributed by atoms with Gasteiger partial charge < -0.3 is 10.2 Å². The number of benzene rings is 1. The maximum Gasteiger partial charge on any atom is 0.195 e. The quantitative estimate of drug-likeness (QED) is 0.848. The highest BCUT2D eigenvalue weighted by atomic mass is 15.4. The average molecular weight is 269 g/mol. The Labute approximate surface area is 121 Å². The lowest BCUT2D eigenvalue weighted by molar-refractivity contribution is 0.188. The zero-order valence-electron chi connectivity index (χ0n) is 12.2. The van der Waals surface area contributed by atoms with Gasteiger partial charge in [-0.1, -0.05) is 42.7 Å². The van der Waals surface area contributed by atoms with E-state index < -0.39 is 0 Å². The van der Waals surface area contributed by atoms with Crippen molar-refractivity contribution >= 4 is 5.96 Å². The van der Waals surface area contributed by atoms with E-state index in [1.807, 2.05) is 0 Å². The molecule has 4 rings (SSSR count). The van der Waals surface area contributed by atoms with Gasteiger partial charge in [0.15, 0.2) is 5.96 Å². The number of nitrogens with zero attached hydrogens (tertiary/aromatic N) is 2. The van der Waals surface area contributed by atoms with Crippen molar-refractivity contribution < 1.29 is 0 Å². The Balaban J connectivity index is 1.69. The fourth-order valence-corrected chi connectivity index (χ4v) is 4.15. The number of rotatable bonds is 1. The van der Waals surface area contributed by atoms with Crippen molar-refractivity contribution in [1.82, 2.24) is 10.2 Å². The van der Waals surface area contributed by atoms with Gasteiger partial charge in [0.25, 0.3) is 0 Å². The van der Waals surface area contributed by atoms with E-state index >= 15 is 0 Å². The zero-order valence-corrected chi connectivity index (χ0v) is 12.2. The van der Waals surface area contributed by atoms with Crippen LogP contribution in [0.15, 0.2) is 29.3 Å². The Bertz CT molecular complexity index is 537. The lowest BCUT2D eigenvalue weighted by Crippen LogP contribution is -2.43. The molecule has 2 heterocycles. The molecule has 3 nitrogen and oxygen atoms in total. The summed E-state index contributed by atoms with van der Waals surface area (Å²) in [5.41, 5.74) is 2.82. The second kappa shape index (κ2) is 4.80. The Morgan fingerprint density at radius 2 is 2.10 bits per heavy atom. The smallest absolute Gasteiger partial charge is 0.195 e. The standard InChI is InChI=1S/C17H23N3/c1-12-5-4-6-13(11-12)15-9-10-18-17-19-14-7-2-3-8-16(14)20(15)17/h4-6,11,14-16H,2-3,7-10H2,1H3,(H,18,19). The zero-order chi connectivity index (χ0) is 13.5. The Morgan fingerprint density at radius 3 is 3.00 bits per heavy atom. The number of hydrogen-bond acceptors (Lipinski definition) is 3. The van der Waals surface area contributed by atoms with Crippen molar-refractivity contribution in [2.75, 3.05) is 6.54 Å². The minimum atomic E-state index is 0.517. The van der Waals surface area contributed by atoms with Gasteiger partial charge in [-0.2, -0.15) is 0 Å². The van der Waals surface area contributed by atoms with Crippen LogP contribution in [0.5, 0.6) is 0 Å². The molecule has 3 atom stereocenters. The van der Waals surface area contributed by atoms with E-state index in [1.165, 1.54) is 42.8 Å². The lowest BCUT2D eigenvalue weighted by Gasteiger charge is -2.38. The molecular formula is C17H23N3. The second-order valence-corrected chi connectivity index (χ2v) is 6.43. The van der Waals surface area contributed by atoms with Crippen LogP contribution in [0.2, 0.25) is 0 Å². The first kappa shape index (κ1) is 12.2. The summed E-state index contributed by atoms with van der Waals surface area (Å²) in [6, 6.07) is 10.8. The number of hydrogen-bond donors (Lipinski definition) is 1. The van der Waals surface area contributed by atoms with Crippen LogP contribution in [0.1, 0.15) is 49.3 Å². The third kappa shape index (κ3) is 1.91. The van der Waals surface area contributed by atoms with Crippen LogP contribution in [0.3, 0.4) is 0 Å². The van der Waals surface area contributed by atoms with Gasteiger partial charge in [-0.15, -0.1) is 0 Å². The predicted octanol–water partition coefficient (Wildman–Crippen LogP) is 3.01. The van der Waals surface area contributed by atoms with Gasteiger partial charge in [-0.05, 0) is 31.7 Å². The SMILES string of the molecule is Cc1cccc(C2CCN=C3NC4CCCCC4N32)c1. The molecule has 20 heavy (non-hydrogen) atoms. The summed E-state index contributed by atoms with van der Waals surface area (Å²) < 4.78 is 0. The summed E-state index contributed by atoms with van der Waals surface area (Å²) in [6.45, 7) is 3.14. The molecule has 0 bridgehead atoms. The Kier molecular flexibility index (Phi) is 2.94. The van der Waals surface area contributed by atoms with Crippen LogP contribution in [0.25, 0.3) is 0 Å². The number of nitrogens with one attached hydrogen (secondary N) is 1. The highest BCUT2D eigenvalue weighted by Gasteiger charge is 2.43. The van der Waals surface area contributed by atoms with Gasteiger partial charge >= 0.3 is 0 Å². The summed E-state index contributed by atoms with van der Waals surface area (Å²) in [6.07, 6.45) is 6.51. The molecule has 2 fully saturated rings. The van der Waals surface area contributed by atoms with Crippen molar-refractivity contribution in [2.24, 2.45) is 4.99 Å². The predicted molar refractivity (Wildman–Crippen MR) is 81.9 cm³/mol. The average Bonchev–Trinajstić information content (AvgIpc) is 2.85. The molecule has 3 aliphatic rings. The fourth-order valence-electron chi connectivity index (χ4n) is 4.15. The van der Waals surface area contributed by atoms with Gasteiger partial charge in [0, 0.05) is 12.6 Å². The lowest BCUT2D eigenvalue weighted by atomic mass is 9.89. The van der Waals surface area contributed by atoms with Gasteiger partial charge in [-0.25, -0.2) is 0 Å². The second-order valence-electron chi connectivity index (χ2n) is 6.43. The molecule has 1 saturated carbocycles. The van der Waals surface area contributed by atoms with Crippen molar-refractivity contribution in [3.63, 3.8) is 0 Å². The van der Waals surface area contributed by atoms with E-state index in [4.69, 9.17) is 4.99 Å². The van der Waals surface area contributed by atoms with E-state index in [0.29, 0.717) is 18.1 Å². The normalized spacial score (nSPS) is 32.1. The molecule has 106 valence electrons. The minimum absolute atomic E-state index is 0.517. The molecule has 3 unspecified atom stereocenters. The molecule has 1 saturated heterocycles. The molecule has 0 radical (unpaired) electrons. The monoisotopic (exact) mass is 269 g/mol. The highest BCUT2D eigenvalue weighted by Crippen LogP contribution is 2.38. The van der Waals surface area contributed by atoms with Gasteiger partial charge in [-0.3, -0.25) is 4.99 Å². The maximum atomic E-state index is 4.75. The van der Waals surface area contributed by atoms with E-state index in [2.05, 4.69) is 41.4 Å². The van der Waals surface area contributed by atoms with Crippen molar-refractivity contribution in [2.45, 2.75) is 57.2 Å². The van der Waals surface area contributed by atoms with Gasteiger partial charge in [0.2, 0.25) is 0 Å². The third-order valence-electron chi connectivity index (χ3n) is 5.07. The first-order valence-electron chi connectivity index (χ1n) is 7.99. The van der Waals surface area contributed by atoms with Gasteiger partial charge in [0.1, 0.15) is 0 Å². The van der Waals surface area contributed by atoms with Crippen LogP contribution in [0, 0.1) is 6.92 Å². The Hall–Kier alpha value is -1.51. The number of aryl methyl sites for hydroxylation is 1. The first-order chi connectivity index (χ1) is 9.83. The molecular weight excluding hydrogens is 246 g/mol. The first-order valence-corrected chi connectivity index (χ1v) is 7.99. The maximum absolute atomic E-state index is 4.75. The number of fused-ring (bicyclic) bond motifs is 3. The van der Waals surface area contributed by atoms with E-state index in [-0.39, 0.29) is 0 Å². The van der Waals surface area contributed by atoms with E-state index in [9.17, 15) is 0 Å². The van der Waals surface area contributed by atoms with Crippen molar-refractivity contribution in [3.05, 3.63) is 35.4 Å². The minimum Gasteiger partial charge on any atom is -0.351 e. The molecule has 1 aromatic carbocycles. The summed E-state index contributed by atoms with van der Waals surface area (Å²) in [4.78, 5) is 7.34. The van der Waals surface area contributed by atoms with Crippen LogP contribution in [-0.2, 0) is 0 Å². The van der Waals surface area contributed by atoms with Gasteiger partial charge in [0.05, 0.1) is 12.1 Å². The number of guanidine groups is 1. The molecule has 1 N–H and O–H groups in total. The number of aliphatic imine (C=N–C) groups is 1. The van der Waals surface area contributed by atoms with Crippen molar-refractivity contribution in [3.8, 4) is 0 Å². The molecule has 3 heteroatoms. The topological polar surface area (TPSA) is 27.6 Å². The fraction of sp³-hybridized carbons (Fsp3) is 0.588. The van der Waals surface area contributed by atoms with Crippen LogP contribution < -0.4 is 5.32 Å². The van der Waals surface area contributed by atoms with Crippen LogP contribution in [-0.4, -0.2) is 29.5 Å². The molecule has 0 aromatic heterocycles. The summed E-state index contributed by atoms with van der Waals surface area (Å²) in [5.74, 6) is 1.17. The molecule has 0 spiro atoms. The summed E-state index contributed by atoms with van der Waals surface area (Å²) in [7, 11) is 0. The van der Waals surface area contributed by atoms with Crippen molar-refractivity contribution in [1.29, 1.82) is 0 Å². The highest BCUT2D eigenvalue weighted by molar-refractivity contribution is 5.84. The molecule has 2 aliphatic heterocycles. The summed E-state index contributed by atoms with van der Waals surface area (Å²) >= 11 is 0. The Morgan fingerprint density at radius 1 is 1.20 bits per heavy atom. The van der Waals surface area contributed by atoms with E-state index in [1.54, 1.807) is 0 Å². The molecule has 0 amide bonds. The third-order valence-corrected chi connectivity index (χ3v) is 5.07. The molecule has 1 aliphatic carbocycles. The van der Waals surface area contributed by atoms with E-state index in [0.717, 1.165) is 13.0 Å². The van der Waals surface area contributed by atoms with Crippen LogP contribution in [0.4, 0.5) is 0 Å². The largest absolute Gasteiger partial charge is 0.351 e. The van der Waals surface area contributed by atoms with Crippen LogP contribution >= 0.6 is 0 Å². The summed E-state index contributed by atoms with van der Waals surface area (Å²) in [5, 5.41) is 3.69. The molecule has 1 aromatic rings.